The molecular weight excluding hydrogens is 298 g/mol. The molecule has 0 saturated carbocycles. The maximum Gasteiger partial charge on any atom is 0.410 e. The zero-order chi connectivity index (χ0) is 16.8. The molecule has 23 heavy (non-hydrogen) atoms. The van der Waals surface area contributed by atoms with E-state index in [0.29, 0.717) is 32.5 Å². The Morgan fingerprint density at radius 3 is 2.57 bits per heavy atom. The minimum atomic E-state index is -0.667. The van der Waals surface area contributed by atoms with E-state index in [2.05, 4.69) is 5.32 Å². The summed E-state index contributed by atoms with van der Waals surface area (Å²) in [6, 6.07) is -0.506. The standard InChI is InChI=1S/C16H25N3O4/c1-15(2,3)23-14(22)18-8-4-6-11(18)12(20)19-9-5-7-16(19)10-17-13(16)21/h11H,4-10H2,1-3H3,(H,17,21)/t11-,16+/m0/s1. The molecule has 1 spiro atoms. The van der Waals surface area contributed by atoms with Crippen molar-refractivity contribution < 1.29 is 19.1 Å². The SMILES string of the molecule is CC(C)(C)OC(=O)N1CCC[C@H]1C(=O)N1CCC[C@]12CNC2=O. The Bertz CT molecular complexity index is 542. The summed E-state index contributed by atoms with van der Waals surface area (Å²) < 4.78 is 5.42. The van der Waals surface area contributed by atoms with E-state index in [4.69, 9.17) is 4.74 Å². The fraction of sp³-hybridized carbons (Fsp3) is 0.812. The van der Waals surface area contributed by atoms with E-state index < -0.39 is 23.3 Å². The van der Waals surface area contributed by atoms with Gasteiger partial charge in [-0.05, 0) is 46.5 Å². The molecule has 0 aromatic carbocycles. The van der Waals surface area contributed by atoms with E-state index in [9.17, 15) is 14.4 Å². The Morgan fingerprint density at radius 1 is 1.26 bits per heavy atom. The van der Waals surface area contributed by atoms with Crippen molar-refractivity contribution in [3.63, 3.8) is 0 Å². The molecule has 1 N–H and O–H groups in total. The molecule has 0 aromatic heterocycles. The topological polar surface area (TPSA) is 79.0 Å². The molecule has 2 atom stereocenters. The van der Waals surface area contributed by atoms with Crippen LogP contribution in [0.1, 0.15) is 46.5 Å². The van der Waals surface area contributed by atoms with Crippen LogP contribution < -0.4 is 5.32 Å². The Kier molecular flexibility index (Phi) is 3.77. The zero-order valence-electron chi connectivity index (χ0n) is 14.1. The summed E-state index contributed by atoms with van der Waals surface area (Å²) in [4.78, 5) is 40.5. The summed E-state index contributed by atoms with van der Waals surface area (Å²) in [7, 11) is 0. The average molecular weight is 323 g/mol. The quantitative estimate of drug-likeness (QED) is 0.727. The third-order valence-electron chi connectivity index (χ3n) is 4.88. The second-order valence-electron chi connectivity index (χ2n) is 7.64. The molecule has 3 amide bonds. The van der Waals surface area contributed by atoms with Crippen LogP contribution >= 0.6 is 0 Å². The molecule has 0 bridgehead atoms. The minimum absolute atomic E-state index is 0.0647. The van der Waals surface area contributed by atoms with Gasteiger partial charge in [0.2, 0.25) is 11.8 Å². The number of β-lactam (4-membered cyclic amide) rings is 1. The fourth-order valence-corrected chi connectivity index (χ4v) is 3.73. The second-order valence-corrected chi connectivity index (χ2v) is 7.64. The van der Waals surface area contributed by atoms with Crippen molar-refractivity contribution in [2.24, 2.45) is 0 Å². The summed E-state index contributed by atoms with van der Waals surface area (Å²) in [5, 5.41) is 2.74. The normalized spacial score (nSPS) is 30.4. The molecule has 3 aliphatic heterocycles. The molecule has 7 nitrogen and oxygen atoms in total. The van der Waals surface area contributed by atoms with Crippen molar-refractivity contribution in [2.45, 2.75) is 63.6 Å². The van der Waals surface area contributed by atoms with Crippen LogP contribution in [-0.4, -0.2) is 64.5 Å². The van der Waals surface area contributed by atoms with Crippen LogP contribution in [0.25, 0.3) is 0 Å². The average Bonchev–Trinajstić information content (AvgIpc) is 3.10. The molecule has 0 aliphatic carbocycles. The highest BCUT2D eigenvalue weighted by Gasteiger charge is 2.57. The maximum atomic E-state index is 13.0. The number of hydrogen-bond donors (Lipinski definition) is 1. The van der Waals surface area contributed by atoms with Crippen LogP contribution in [0.4, 0.5) is 4.79 Å². The third kappa shape index (κ3) is 2.66. The van der Waals surface area contributed by atoms with E-state index in [1.807, 2.05) is 20.8 Å². The van der Waals surface area contributed by atoms with Gasteiger partial charge in [-0.3, -0.25) is 14.5 Å². The number of carbonyl (C=O) groups excluding carboxylic acids is 3. The van der Waals surface area contributed by atoms with Gasteiger partial charge < -0.3 is 15.0 Å². The number of carbonyl (C=O) groups is 3. The number of nitrogens with zero attached hydrogens (tertiary/aromatic N) is 2. The third-order valence-corrected chi connectivity index (χ3v) is 4.88. The van der Waals surface area contributed by atoms with Crippen molar-refractivity contribution >= 4 is 17.9 Å². The van der Waals surface area contributed by atoms with Crippen LogP contribution in [0.15, 0.2) is 0 Å². The number of amides is 3. The predicted octanol–water partition coefficient (Wildman–Crippen LogP) is 0.877. The predicted molar refractivity (Wildman–Crippen MR) is 82.6 cm³/mol. The number of ether oxygens (including phenoxy) is 1. The van der Waals surface area contributed by atoms with Crippen LogP contribution in [0, 0.1) is 0 Å². The maximum absolute atomic E-state index is 13.0. The van der Waals surface area contributed by atoms with Gasteiger partial charge in [0, 0.05) is 19.6 Å². The first-order valence-electron chi connectivity index (χ1n) is 8.34. The van der Waals surface area contributed by atoms with Crippen LogP contribution in [0.5, 0.6) is 0 Å². The lowest BCUT2D eigenvalue weighted by Gasteiger charge is -2.45. The molecule has 128 valence electrons. The first-order valence-corrected chi connectivity index (χ1v) is 8.34. The molecule has 0 unspecified atom stereocenters. The lowest BCUT2D eigenvalue weighted by Crippen LogP contribution is -2.72. The number of hydrogen-bond acceptors (Lipinski definition) is 4. The van der Waals surface area contributed by atoms with Crippen LogP contribution in [0.2, 0.25) is 0 Å². The molecular formula is C16H25N3O4. The van der Waals surface area contributed by atoms with Crippen molar-refractivity contribution in [1.29, 1.82) is 0 Å². The lowest BCUT2D eigenvalue weighted by atomic mass is 9.87. The number of rotatable bonds is 1. The Labute approximate surface area is 136 Å². The Hall–Kier alpha value is -1.79. The smallest absolute Gasteiger partial charge is 0.410 e. The zero-order valence-corrected chi connectivity index (χ0v) is 14.1. The summed E-state index contributed by atoms with van der Waals surface area (Å²) in [6.07, 6.45) is 2.51. The van der Waals surface area contributed by atoms with E-state index >= 15 is 0 Å². The summed E-state index contributed by atoms with van der Waals surface area (Å²) in [6.45, 7) is 7.07. The second kappa shape index (κ2) is 5.39. The molecule has 3 rings (SSSR count). The molecule has 0 radical (unpaired) electrons. The van der Waals surface area contributed by atoms with Gasteiger partial charge in [-0.1, -0.05) is 0 Å². The first-order chi connectivity index (χ1) is 10.7. The van der Waals surface area contributed by atoms with Gasteiger partial charge in [-0.25, -0.2) is 4.79 Å². The van der Waals surface area contributed by atoms with Gasteiger partial charge in [-0.15, -0.1) is 0 Å². The lowest BCUT2D eigenvalue weighted by molar-refractivity contribution is -0.154. The van der Waals surface area contributed by atoms with E-state index in [1.165, 1.54) is 4.90 Å². The van der Waals surface area contributed by atoms with Crippen molar-refractivity contribution in [1.82, 2.24) is 15.1 Å². The molecule has 3 heterocycles. The van der Waals surface area contributed by atoms with Gasteiger partial charge in [0.1, 0.15) is 17.2 Å². The van der Waals surface area contributed by atoms with E-state index in [1.54, 1.807) is 4.90 Å². The summed E-state index contributed by atoms with van der Waals surface area (Å²) in [5.74, 6) is -0.175. The van der Waals surface area contributed by atoms with Gasteiger partial charge in [-0.2, -0.15) is 0 Å². The van der Waals surface area contributed by atoms with Crippen LogP contribution in [-0.2, 0) is 14.3 Å². The summed E-state index contributed by atoms with van der Waals surface area (Å²) in [5.41, 5.74) is -1.25. The van der Waals surface area contributed by atoms with Gasteiger partial charge in [0.05, 0.1) is 0 Å². The van der Waals surface area contributed by atoms with Crippen molar-refractivity contribution in [3.05, 3.63) is 0 Å². The van der Waals surface area contributed by atoms with Crippen molar-refractivity contribution in [2.75, 3.05) is 19.6 Å². The molecule has 3 saturated heterocycles. The van der Waals surface area contributed by atoms with Crippen molar-refractivity contribution in [3.8, 4) is 0 Å². The molecule has 3 aliphatic rings. The molecule has 0 aromatic rings. The van der Waals surface area contributed by atoms with Gasteiger partial charge in [0.15, 0.2) is 0 Å². The Balaban J connectivity index is 1.74. The fourth-order valence-electron chi connectivity index (χ4n) is 3.73. The minimum Gasteiger partial charge on any atom is -0.444 e. The largest absolute Gasteiger partial charge is 0.444 e. The van der Waals surface area contributed by atoms with E-state index in [0.717, 1.165) is 12.8 Å². The monoisotopic (exact) mass is 323 g/mol. The van der Waals surface area contributed by atoms with Crippen LogP contribution in [0.3, 0.4) is 0 Å². The molecule has 7 heteroatoms. The summed E-state index contributed by atoms with van der Waals surface area (Å²) >= 11 is 0. The molecule has 3 fully saturated rings. The highest BCUT2D eigenvalue weighted by molar-refractivity contribution is 5.98. The number of nitrogens with one attached hydrogen (secondary N) is 1. The van der Waals surface area contributed by atoms with Gasteiger partial charge >= 0.3 is 6.09 Å². The number of likely N-dealkylation sites (tertiary alicyclic amines) is 2. The highest BCUT2D eigenvalue weighted by Crippen LogP contribution is 2.36. The van der Waals surface area contributed by atoms with E-state index in [-0.39, 0.29) is 11.8 Å². The first kappa shape index (κ1) is 16.1. The Morgan fingerprint density at radius 2 is 2.00 bits per heavy atom. The van der Waals surface area contributed by atoms with Gasteiger partial charge in [0.25, 0.3) is 0 Å². The highest BCUT2D eigenvalue weighted by atomic mass is 16.6.